The molecule has 6 heteroatoms. The van der Waals surface area contributed by atoms with Gasteiger partial charge in [-0.1, -0.05) is 12.1 Å². The number of rotatable bonds is 6. The van der Waals surface area contributed by atoms with Gasteiger partial charge < -0.3 is 14.2 Å². The van der Waals surface area contributed by atoms with Crippen LogP contribution in [-0.4, -0.2) is 46.2 Å². The number of carbonyl (C=O) groups is 1. The first-order chi connectivity index (χ1) is 13.7. The maximum absolute atomic E-state index is 13.8. The lowest BCUT2D eigenvalue weighted by atomic mass is 10.1. The Morgan fingerprint density at radius 2 is 2.00 bits per heavy atom. The topological polar surface area (TPSA) is 47.4 Å². The standard InChI is InChI=1S/C22H24FN3O2/c23-20-5-2-1-4-19(20)22(27)26-13-8-18(9-14-26)28-15-3-11-25-12-7-17-16-24-10-6-21(17)25/h1-2,4-7,10,12,16,18H,3,8-9,11,13-15H2. The van der Waals surface area contributed by atoms with Crippen LogP contribution < -0.4 is 0 Å². The summed E-state index contributed by atoms with van der Waals surface area (Å²) in [5.41, 5.74) is 1.34. The van der Waals surface area contributed by atoms with Crippen molar-refractivity contribution in [1.82, 2.24) is 14.5 Å². The summed E-state index contributed by atoms with van der Waals surface area (Å²) in [6.07, 6.45) is 8.44. The van der Waals surface area contributed by atoms with Crippen LogP contribution in [0.2, 0.25) is 0 Å². The molecule has 3 heterocycles. The van der Waals surface area contributed by atoms with Gasteiger partial charge in [0.15, 0.2) is 0 Å². The number of amides is 1. The normalized spacial score (nSPS) is 15.2. The lowest BCUT2D eigenvalue weighted by molar-refractivity contribution is 0.00675. The summed E-state index contributed by atoms with van der Waals surface area (Å²) in [6.45, 7) is 2.80. The van der Waals surface area contributed by atoms with Crippen LogP contribution in [0.3, 0.4) is 0 Å². The molecule has 28 heavy (non-hydrogen) atoms. The Kier molecular flexibility index (Phi) is 5.67. The van der Waals surface area contributed by atoms with E-state index in [-0.39, 0.29) is 17.6 Å². The molecule has 146 valence electrons. The van der Waals surface area contributed by atoms with Gasteiger partial charge in [-0.05, 0) is 43.5 Å². The number of pyridine rings is 1. The monoisotopic (exact) mass is 381 g/mol. The van der Waals surface area contributed by atoms with Gasteiger partial charge in [0.2, 0.25) is 0 Å². The molecule has 0 atom stereocenters. The predicted molar refractivity (Wildman–Crippen MR) is 106 cm³/mol. The number of benzene rings is 1. The van der Waals surface area contributed by atoms with Gasteiger partial charge in [0.05, 0.1) is 17.2 Å². The smallest absolute Gasteiger partial charge is 0.256 e. The summed E-state index contributed by atoms with van der Waals surface area (Å²) < 4.78 is 22.0. The van der Waals surface area contributed by atoms with Gasteiger partial charge in [0.25, 0.3) is 5.91 Å². The maximum Gasteiger partial charge on any atom is 0.256 e. The molecule has 0 unspecified atom stereocenters. The third-order valence-corrected chi connectivity index (χ3v) is 5.30. The number of halogens is 1. The second kappa shape index (κ2) is 8.52. The molecule has 5 nitrogen and oxygen atoms in total. The highest BCUT2D eigenvalue weighted by atomic mass is 19.1. The van der Waals surface area contributed by atoms with Crippen molar-refractivity contribution in [2.75, 3.05) is 19.7 Å². The van der Waals surface area contributed by atoms with Crippen LogP contribution in [0.15, 0.2) is 55.0 Å². The first-order valence-electron chi connectivity index (χ1n) is 9.76. The zero-order chi connectivity index (χ0) is 19.3. The van der Waals surface area contributed by atoms with Crippen molar-refractivity contribution >= 4 is 16.8 Å². The quantitative estimate of drug-likeness (QED) is 0.609. The summed E-state index contributed by atoms with van der Waals surface area (Å²) in [5, 5.41) is 1.15. The molecule has 0 aliphatic carbocycles. The van der Waals surface area contributed by atoms with E-state index in [4.69, 9.17) is 4.74 Å². The lowest BCUT2D eigenvalue weighted by Crippen LogP contribution is -2.41. The van der Waals surface area contributed by atoms with Gasteiger partial charge in [-0.2, -0.15) is 0 Å². The highest BCUT2D eigenvalue weighted by Crippen LogP contribution is 2.19. The Morgan fingerprint density at radius 3 is 2.82 bits per heavy atom. The van der Waals surface area contributed by atoms with E-state index in [2.05, 4.69) is 21.8 Å². The molecule has 2 aromatic heterocycles. The minimum absolute atomic E-state index is 0.149. The second-order valence-electron chi connectivity index (χ2n) is 7.14. The van der Waals surface area contributed by atoms with E-state index in [0.29, 0.717) is 19.7 Å². The fourth-order valence-electron chi connectivity index (χ4n) is 3.75. The van der Waals surface area contributed by atoms with Crippen molar-refractivity contribution in [2.45, 2.75) is 31.9 Å². The number of hydrogen-bond donors (Lipinski definition) is 0. The van der Waals surface area contributed by atoms with E-state index in [1.165, 1.54) is 11.6 Å². The van der Waals surface area contributed by atoms with Gasteiger partial charge >= 0.3 is 0 Å². The average Bonchev–Trinajstić information content (AvgIpc) is 3.15. The molecule has 1 fully saturated rings. The number of aromatic nitrogens is 2. The van der Waals surface area contributed by atoms with E-state index in [1.54, 1.807) is 23.1 Å². The van der Waals surface area contributed by atoms with Gasteiger partial charge in [0.1, 0.15) is 5.82 Å². The van der Waals surface area contributed by atoms with E-state index in [0.717, 1.165) is 31.2 Å². The first-order valence-corrected chi connectivity index (χ1v) is 9.76. The number of likely N-dealkylation sites (tertiary alicyclic amines) is 1. The Morgan fingerprint density at radius 1 is 1.18 bits per heavy atom. The molecule has 0 N–H and O–H groups in total. The molecule has 1 aliphatic heterocycles. The van der Waals surface area contributed by atoms with Gasteiger partial charge in [-0.3, -0.25) is 9.78 Å². The number of ether oxygens (including phenoxy) is 1. The van der Waals surface area contributed by atoms with Crippen LogP contribution >= 0.6 is 0 Å². The molecular formula is C22H24FN3O2. The van der Waals surface area contributed by atoms with Gasteiger partial charge in [-0.25, -0.2) is 4.39 Å². The number of nitrogens with zero attached hydrogens (tertiary/aromatic N) is 3. The van der Waals surface area contributed by atoms with E-state index in [9.17, 15) is 9.18 Å². The van der Waals surface area contributed by atoms with E-state index >= 15 is 0 Å². The summed E-state index contributed by atoms with van der Waals surface area (Å²) in [6, 6.07) is 10.3. The summed E-state index contributed by atoms with van der Waals surface area (Å²) in [5.74, 6) is -0.690. The highest BCUT2D eigenvalue weighted by Gasteiger charge is 2.25. The largest absolute Gasteiger partial charge is 0.378 e. The number of carbonyl (C=O) groups excluding carboxylic acids is 1. The molecule has 1 amide bonds. The van der Waals surface area contributed by atoms with Crippen molar-refractivity contribution in [3.8, 4) is 0 Å². The molecule has 0 radical (unpaired) electrons. The Labute approximate surface area is 163 Å². The van der Waals surface area contributed by atoms with Crippen LogP contribution in [-0.2, 0) is 11.3 Å². The zero-order valence-electron chi connectivity index (χ0n) is 15.8. The Bertz CT molecular complexity index is 948. The van der Waals surface area contributed by atoms with Crippen molar-refractivity contribution in [1.29, 1.82) is 0 Å². The Hall–Kier alpha value is -2.73. The maximum atomic E-state index is 13.8. The van der Waals surface area contributed by atoms with E-state index in [1.807, 2.05) is 18.5 Å². The fourth-order valence-corrected chi connectivity index (χ4v) is 3.75. The van der Waals surface area contributed by atoms with Crippen LogP contribution in [0.4, 0.5) is 4.39 Å². The van der Waals surface area contributed by atoms with Crippen molar-refractivity contribution in [2.24, 2.45) is 0 Å². The van der Waals surface area contributed by atoms with Crippen LogP contribution in [0.5, 0.6) is 0 Å². The molecule has 4 rings (SSSR count). The predicted octanol–water partition coefficient (Wildman–Crippen LogP) is 3.89. The average molecular weight is 381 g/mol. The SMILES string of the molecule is O=C(c1ccccc1F)N1CCC(OCCCn2ccc3cnccc32)CC1. The highest BCUT2D eigenvalue weighted by molar-refractivity contribution is 5.94. The number of hydrogen-bond acceptors (Lipinski definition) is 3. The first kappa shape index (κ1) is 18.6. The van der Waals surface area contributed by atoms with Crippen LogP contribution in [0, 0.1) is 5.82 Å². The molecule has 0 spiro atoms. The zero-order valence-corrected chi connectivity index (χ0v) is 15.8. The van der Waals surface area contributed by atoms with Crippen molar-refractivity contribution in [3.63, 3.8) is 0 Å². The minimum Gasteiger partial charge on any atom is -0.378 e. The van der Waals surface area contributed by atoms with Crippen LogP contribution in [0.25, 0.3) is 10.9 Å². The third-order valence-electron chi connectivity index (χ3n) is 5.30. The van der Waals surface area contributed by atoms with Crippen molar-refractivity contribution in [3.05, 3.63) is 66.4 Å². The molecule has 3 aromatic rings. The molecule has 0 bridgehead atoms. The number of aryl methyl sites for hydroxylation is 1. The fraction of sp³-hybridized carbons (Fsp3) is 0.364. The van der Waals surface area contributed by atoms with Gasteiger partial charge in [0, 0.05) is 50.2 Å². The minimum atomic E-state index is -0.459. The number of fused-ring (bicyclic) bond motifs is 1. The van der Waals surface area contributed by atoms with Crippen LogP contribution in [0.1, 0.15) is 29.6 Å². The molecule has 1 aromatic carbocycles. The van der Waals surface area contributed by atoms with E-state index < -0.39 is 5.82 Å². The molecule has 1 aliphatic rings. The van der Waals surface area contributed by atoms with Gasteiger partial charge in [-0.15, -0.1) is 0 Å². The van der Waals surface area contributed by atoms with Crippen molar-refractivity contribution < 1.29 is 13.9 Å². The lowest BCUT2D eigenvalue weighted by Gasteiger charge is -2.32. The molecule has 1 saturated heterocycles. The summed E-state index contributed by atoms with van der Waals surface area (Å²) in [7, 11) is 0. The Balaban J connectivity index is 1.21. The summed E-state index contributed by atoms with van der Waals surface area (Å²) >= 11 is 0. The molecule has 0 saturated carbocycles. The third kappa shape index (κ3) is 4.07. The summed E-state index contributed by atoms with van der Waals surface area (Å²) in [4.78, 5) is 18.3. The second-order valence-corrected chi connectivity index (χ2v) is 7.14. The molecular weight excluding hydrogens is 357 g/mol. The number of piperidine rings is 1.